The maximum absolute atomic E-state index is 11.8. The number of hydrogen-bond donors (Lipinski definition) is 2. The van der Waals surface area contributed by atoms with Crippen molar-refractivity contribution in [1.29, 1.82) is 0 Å². The number of likely N-dealkylation sites (tertiary alicyclic amines) is 1. The largest absolute Gasteiger partial charge is 0.359 e. The van der Waals surface area contributed by atoms with Crippen molar-refractivity contribution in [2.24, 2.45) is 0 Å². The standard InChI is InChI=1S/C15H24N4O3/c1-4-10(5-2)13-8-11(22-18-13)9-16-15(21)17-12-6-7-19(3)14(12)20/h8,10,12H,4-7,9H2,1-3H3,(H2,16,17,21). The Bertz CT molecular complexity index is 525. The van der Waals surface area contributed by atoms with Crippen LogP contribution in [0.3, 0.4) is 0 Å². The summed E-state index contributed by atoms with van der Waals surface area (Å²) in [6.45, 7) is 5.16. The van der Waals surface area contributed by atoms with Crippen LogP contribution in [-0.4, -0.2) is 41.6 Å². The molecular weight excluding hydrogens is 284 g/mol. The van der Waals surface area contributed by atoms with Crippen LogP contribution >= 0.6 is 0 Å². The summed E-state index contributed by atoms with van der Waals surface area (Å²) in [5.74, 6) is 0.954. The Morgan fingerprint density at radius 3 is 2.82 bits per heavy atom. The third-order valence-electron chi connectivity index (χ3n) is 4.14. The molecule has 1 aromatic heterocycles. The van der Waals surface area contributed by atoms with Gasteiger partial charge in [0.25, 0.3) is 0 Å². The van der Waals surface area contributed by atoms with Gasteiger partial charge < -0.3 is 20.1 Å². The minimum atomic E-state index is -0.431. The van der Waals surface area contributed by atoms with Crippen LogP contribution in [-0.2, 0) is 11.3 Å². The lowest BCUT2D eigenvalue weighted by molar-refractivity contribution is -0.128. The number of hydrogen-bond acceptors (Lipinski definition) is 4. The van der Waals surface area contributed by atoms with E-state index in [1.807, 2.05) is 6.07 Å². The SMILES string of the molecule is CCC(CC)c1cc(CNC(=O)NC2CCN(C)C2=O)on1. The van der Waals surface area contributed by atoms with Crippen LogP contribution in [0, 0.1) is 0 Å². The smallest absolute Gasteiger partial charge is 0.315 e. The fourth-order valence-electron chi connectivity index (χ4n) is 2.64. The molecule has 0 saturated carbocycles. The molecule has 7 nitrogen and oxygen atoms in total. The van der Waals surface area contributed by atoms with E-state index in [1.54, 1.807) is 11.9 Å². The highest BCUT2D eigenvalue weighted by Crippen LogP contribution is 2.22. The van der Waals surface area contributed by atoms with Crippen LogP contribution in [0.2, 0.25) is 0 Å². The zero-order valence-corrected chi connectivity index (χ0v) is 13.4. The maximum atomic E-state index is 11.8. The molecule has 1 aromatic rings. The first-order chi connectivity index (χ1) is 10.5. The zero-order valence-electron chi connectivity index (χ0n) is 13.4. The van der Waals surface area contributed by atoms with Gasteiger partial charge in [0.1, 0.15) is 6.04 Å². The second kappa shape index (κ2) is 7.29. The molecule has 1 unspecified atom stereocenters. The van der Waals surface area contributed by atoms with E-state index < -0.39 is 6.04 Å². The Kier molecular flexibility index (Phi) is 5.41. The van der Waals surface area contributed by atoms with Gasteiger partial charge in [-0.25, -0.2) is 4.79 Å². The lowest BCUT2D eigenvalue weighted by Gasteiger charge is -2.12. The number of carbonyl (C=O) groups is 2. The van der Waals surface area contributed by atoms with Crippen molar-refractivity contribution in [3.05, 3.63) is 17.5 Å². The first-order valence-corrected chi connectivity index (χ1v) is 7.80. The van der Waals surface area contributed by atoms with Gasteiger partial charge in [-0.05, 0) is 19.3 Å². The lowest BCUT2D eigenvalue weighted by Crippen LogP contribution is -2.45. The summed E-state index contributed by atoms with van der Waals surface area (Å²) in [6.07, 6.45) is 2.66. The molecule has 22 heavy (non-hydrogen) atoms. The molecule has 2 rings (SSSR count). The van der Waals surface area contributed by atoms with Crippen LogP contribution in [0.5, 0.6) is 0 Å². The van der Waals surface area contributed by atoms with Gasteiger partial charge in [-0.2, -0.15) is 0 Å². The Morgan fingerprint density at radius 1 is 1.50 bits per heavy atom. The number of nitrogens with one attached hydrogen (secondary N) is 2. The average molecular weight is 308 g/mol. The predicted molar refractivity (Wildman–Crippen MR) is 81.2 cm³/mol. The van der Waals surface area contributed by atoms with Crippen molar-refractivity contribution in [2.75, 3.05) is 13.6 Å². The van der Waals surface area contributed by atoms with Crippen LogP contribution in [0.1, 0.15) is 50.5 Å². The van der Waals surface area contributed by atoms with Crippen LogP contribution < -0.4 is 10.6 Å². The molecule has 0 radical (unpaired) electrons. The van der Waals surface area contributed by atoms with Crippen molar-refractivity contribution in [2.45, 2.75) is 51.6 Å². The van der Waals surface area contributed by atoms with Gasteiger partial charge in [0.2, 0.25) is 5.91 Å². The molecule has 1 saturated heterocycles. The van der Waals surface area contributed by atoms with E-state index in [0.29, 0.717) is 24.6 Å². The van der Waals surface area contributed by atoms with Gasteiger partial charge in [-0.3, -0.25) is 4.79 Å². The van der Waals surface area contributed by atoms with E-state index >= 15 is 0 Å². The molecule has 1 aliphatic heterocycles. The van der Waals surface area contributed by atoms with E-state index in [-0.39, 0.29) is 18.5 Å². The van der Waals surface area contributed by atoms with E-state index in [2.05, 4.69) is 29.6 Å². The fraction of sp³-hybridized carbons (Fsp3) is 0.667. The molecule has 1 aliphatic rings. The minimum absolute atomic E-state index is 0.0502. The number of rotatable bonds is 6. The number of amides is 3. The zero-order chi connectivity index (χ0) is 16.1. The van der Waals surface area contributed by atoms with Gasteiger partial charge in [-0.15, -0.1) is 0 Å². The third kappa shape index (κ3) is 3.78. The molecule has 3 amide bonds. The molecule has 0 spiro atoms. The first kappa shape index (κ1) is 16.3. The summed E-state index contributed by atoms with van der Waals surface area (Å²) < 4.78 is 5.24. The minimum Gasteiger partial charge on any atom is -0.359 e. The normalized spacial score (nSPS) is 18.1. The number of urea groups is 1. The van der Waals surface area contributed by atoms with E-state index in [4.69, 9.17) is 4.52 Å². The summed E-state index contributed by atoms with van der Waals surface area (Å²) in [6, 6.07) is 1.08. The van der Waals surface area contributed by atoms with Gasteiger partial charge in [0.15, 0.2) is 5.76 Å². The fourth-order valence-corrected chi connectivity index (χ4v) is 2.64. The number of nitrogens with zero attached hydrogens (tertiary/aromatic N) is 2. The summed E-state index contributed by atoms with van der Waals surface area (Å²) >= 11 is 0. The molecule has 7 heteroatoms. The van der Waals surface area contributed by atoms with Crippen molar-refractivity contribution < 1.29 is 14.1 Å². The number of likely N-dealkylation sites (N-methyl/N-ethyl adjacent to an activating group) is 1. The molecule has 1 fully saturated rings. The second-order valence-electron chi connectivity index (χ2n) is 5.66. The van der Waals surface area contributed by atoms with Crippen LogP contribution in [0.25, 0.3) is 0 Å². The Balaban J connectivity index is 1.80. The second-order valence-corrected chi connectivity index (χ2v) is 5.66. The molecule has 2 heterocycles. The molecular formula is C15H24N4O3. The van der Waals surface area contributed by atoms with Crippen molar-refractivity contribution in [3.8, 4) is 0 Å². The van der Waals surface area contributed by atoms with E-state index in [9.17, 15) is 9.59 Å². The van der Waals surface area contributed by atoms with E-state index in [1.165, 1.54) is 0 Å². The van der Waals surface area contributed by atoms with Crippen molar-refractivity contribution in [1.82, 2.24) is 20.7 Å². The summed E-state index contributed by atoms with van der Waals surface area (Å²) in [5.41, 5.74) is 0.926. The number of carbonyl (C=O) groups excluding carboxylic acids is 2. The average Bonchev–Trinajstić information content (AvgIpc) is 3.09. The Labute approximate surface area is 130 Å². The third-order valence-corrected chi connectivity index (χ3v) is 4.14. The highest BCUT2D eigenvalue weighted by Gasteiger charge is 2.30. The molecule has 0 bridgehead atoms. The molecule has 122 valence electrons. The monoisotopic (exact) mass is 308 g/mol. The maximum Gasteiger partial charge on any atom is 0.315 e. The quantitative estimate of drug-likeness (QED) is 0.835. The van der Waals surface area contributed by atoms with Crippen LogP contribution in [0.15, 0.2) is 10.6 Å². The summed E-state index contributed by atoms with van der Waals surface area (Å²) in [7, 11) is 1.73. The van der Waals surface area contributed by atoms with Crippen molar-refractivity contribution in [3.63, 3.8) is 0 Å². The van der Waals surface area contributed by atoms with Crippen molar-refractivity contribution >= 4 is 11.9 Å². The lowest BCUT2D eigenvalue weighted by atomic mass is 9.99. The molecule has 1 atom stereocenters. The Morgan fingerprint density at radius 2 is 2.23 bits per heavy atom. The summed E-state index contributed by atoms with van der Waals surface area (Å²) in [4.78, 5) is 25.2. The molecule has 0 aromatic carbocycles. The van der Waals surface area contributed by atoms with Gasteiger partial charge >= 0.3 is 6.03 Å². The van der Waals surface area contributed by atoms with Gasteiger partial charge in [0, 0.05) is 25.6 Å². The summed E-state index contributed by atoms with van der Waals surface area (Å²) in [5, 5.41) is 9.43. The highest BCUT2D eigenvalue weighted by molar-refractivity contribution is 5.88. The number of aromatic nitrogens is 1. The molecule has 2 N–H and O–H groups in total. The Hall–Kier alpha value is -2.05. The first-order valence-electron chi connectivity index (χ1n) is 7.80. The highest BCUT2D eigenvalue weighted by atomic mass is 16.5. The molecule has 0 aliphatic carbocycles. The van der Waals surface area contributed by atoms with Gasteiger partial charge in [0.05, 0.1) is 12.2 Å². The van der Waals surface area contributed by atoms with Gasteiger partial charge in [-0.1, -0.05) is 19.0 Å². The van der Waals surface area contributed by atoms with E-state index in [0.717, 1.165) is 18.5 Å². The van der Waals surface area contributed by atoms with Crippen LogP contribution in [0.4, 0.5) is 4.79 Å². The predicted octanol–water partition coefficient (Wildman–Crippen LogP) is 1.61. The topological polar surface area (TPSA) is 87.5 Å².